The van der Waals surface area contributed by atoms with Gasteiger partial charge in [0.15, 0.2) is 0 Å². The molecule has 1 aliphatic carbocycles. The van der Waals surface area contributed by atoms with Crippen molar-refractivity contribution in [1.82, 2.24) is 4.90 Å². The lowest BCUT2D eigenvalue weighted by Crippen LogP contribution is -2.58. The Hall–Kier alpha value is -0.420. The number of rotatable bonds is 5. The van der Waals surface area contributed by atoms with Gasteiger partial charge in [-0.3, -0.25) is 4.90 Å². The highest BCUT2D eigenvalue weighted by molar-refractivity contribution is 7.09. The molecule has 1 aromatic rings. The van der Waals surface area contributed by atoms with Crippen molar-refractivity contribution >= 4 is 11.3 Å². The van der Waals surface area contributed by atoms with E-state index in [0.717, 1.165) is 52.0 Å². The minimum Gasteiger partial charge on any atom is -0.391 e. The van der Waals surface area contributed by atoms with Crippen LogP contribution >= 0.6 is 11.3 Å². The van der Waals surface area contributed by atoms with Gasteiger partial charge in [0.2, 0.25) is 0 Å². The molecular formula is C16H25NO2S. The molecule has 1 aromatic heterocycles. The standard InChI is InChI=1S/C16H25NO2S/c18-15(6-5-14-4-3-13-20-14)16(7-1-2-8-16)17-9-11-19-12-10-17/h3-4,13,15,18H,1-2,5-12H2. The molecule has 2 fully saturated rings. The fourth-order valence-corrected chi connectivity index (χ4v) is 4.58. The molecule has 0 amide bonds. The van der Waals surface area contributed by atoms with Crippen LogP contribution in [0.3, 0.4) is 0 Å². The average molecular weight is 295 g/mol. The molecule has 1 N–H and O–H groups in total. The van der Waals surface area contributed by atoms with Crippen LogP contribution < -0.4 is 0 Å². The first-order valence-electron chi connectivity index (χ1n) is 7.84. The quantitative estimate of drug-likeness (QED) is 0.906. The van der Waals surface area contributed by atoms with E-state index in [9.17, 15) is 5.11 Å². The summed E-state index contributed by atoms with van der Waals surface area (Å²) in [6, 6.07) is 4.27. The van der Waals surface area contributed by atoms with Crippen molar-refractivity contribution in [2.45, 2.75) is 50.2 Å². The summed E-state index contributed by atoms with van der Waals surface area (Å²) in [6.07, 6.45) is 6.51. The molecule has 0 radical (unpaired) electrons. The summed E-state index contributed by atoms with van der Waals surface area (Å²) in [5.74, 6) is 0. The van der Waals surface area contributed by atoms with Crippen molar-refractivity contribution in [3.63, 3.8) is 0 Å². The van der Waals surface area contributed by atoms with E-state index in [2.05, 4.69) is 22.4 Å². The number of nitrogens with zero attached hydrogens (tertiary/aromatic N) is 1. The molecule has 3 rings (SSSR count). The molecule has 1 atom stereocenters. The first kappa shape index (κ1) is 14.5. The van der Waals surface area contributed by atoms with E-state index in [0.29, 0.717) is 0 Å². The van der Waals surface area contributed by atoms with Gasteiger partial charge >= 0.3 is 0 Å². The van der Waals surface area contributed by atoms with Gasteiger partial charge in [-0.15, -0.1) is 11.3 Å². The lowest BCUT2D eigenvalue weighted by Gasteiger charge is -2.46. The third kappa shape index (κ3) is 2.93. The number of aliphatic hydroxyl groups excluding tert-OH is 1. The predicted molar refractivity (Wildman–Crippen MR) is 82.2 cm³/mol. The van der Waals surface area contributed by atoms with Crippen LogP contribution in [0, 0.1) is 0 Å². The van der Waals surface area contributed by atoms with Gasteiger partial charge in [-0.2, -0.15) is 0 Å². The minimum atomic E-state index is -0.204. The zero-order valence-corrected chi connectivity index (χ0v) is 12.9. The van der Waals surface area contributed by atoms with E-state index in [4.69, 9.17) is 4.74 Å². The fourth-order valence-electron chi connectivity index (χ4n) is 3.86. The SMILES string of the molecule is OC(CCc1cccs1)C1(N2CCOCC2)CCCC1. The number of aliphatic hydroxyl groups is 1. The maximum absolute atomic E-state index is 10.9. The summed E-state index contributed by atoms with van der Waals surface area (Å²) in [6.45, 7) is 3.60. The van der Waals surface area contributed by atoms with Crippen LogP contribution in [0.4, 0.5) is 0 Å². The Morgan fingerprint density at radius 3 is 2.70 bits per heavy atom. The second-order valence-electron chi connectivity index (χ2n) is 6.04. The van der Waals surface area contributed by atoms with Gasteiger partial charge < -0.3 is 9.84 Å². The summed E-state index contributed by atoms with van der Waals surface area (Å²) in [7, 11) is 0. The van der Waals surface area contributed by atoms with Crippen LogP contribution in [-0.4, -0.2) is 48.0 Å². The van der Waals surface area contributed by atoms with Crippen LogP contribution in [0.1, 0.15) is 37.0 Å². The largest absolute Gasteiger partial charge is 0.391 e. The number of morpholine rings is 1. The van der Waals surface area contributed by atoms with Crippen LogP contribution in [-0.2, 0) is 11.2 Å². The highest BCUT2D eigenvalue weighted by atomic mass is 32.1. The van der Waals surface area contributed by atoms with E-state index in [1.807, 2.05) is 0 Å². The van der Waals surface area contributed by atoms with E-state index in [1.54, 1.807) is 11.3 Å². The molecule has 3 nitrogen and oxygen atoms in total. The predicted octanol–water partition coefficient (Wildman–Crippen LogP) is 2.69. The molecule has 4 heteroatoms. The molecule has 1 aliphatic heterocycles. The molecule has 0 aromatic carbocycles. The van der Waals surface area contributed by atoms with Crippen molar-refractivity contribution in [3.8, 4) is 0 Å². The monoisotopic (exact) mass is 295 g/mol. The molecule has 2 aliphatic rings. The normalized spacial score (nSPS) is 24.9. The second-order valence-corrected chi connectivity index (χ2v) is 7.08. The van der Waals surface area contributed by atoms with Gasteiger partial charge in [-0.25, -0.2) is 0 Å². The van der Waals surface area contributed by atoms with Crippen molar-refractivity contribution in [1.29, 1.82) is 0 Å². The molecule has 112 valence electrons. The van der Waals surface area contributed by atoms with Crippen molar-refractivity contribution in [2.24, 2.45) is 0 Å². The van der Waals surface area contributed by atoms with E-state index in [-0.39, 0.29) is 11.6 Å². The second kappa shape index (κ2) is 6.56. The van der Waals surface area contributed by atoms with Gasteiger partial charge in [0.1, 0.15) is 0 Å². The Balaban J connectivity index is 1.65. The van der Waals surface area contributed by atoms with E-state index in [1.165, 1.54) is 17.7 Å². The summed E-state index contributed by atoms with van der Waals surface area (Å²) in [4.78, 5) is 3.90. The lowest BCUT2D eigenvalue weighted by molar-refractivity contribution is -0.0777. The van der Waals surface area contributed by atoms with Crippen LogP contribution in [0.2, 0.25) is 0 Å². The summed E-state index contributed by atoms with van der Waals surface area (Å²) in [5.41, 5.74) is 0.0288. The van der Waals surface area contributed by atoms with Crippen LogP contribution in [0.15, 0.2) is 17.5 Å². The topological polar surface area (TPSA) is 32.7 Å². The van der Waals surface area contributed by atoms with Gasteiger partial charge in [0, 0.05) is 23.5 Å². The Bertz CT molecular complexity index is 395. The van der Waals surface area contributed by atoms with Crippen molar-refractivity contribution in [3.05, 3.63) is 22.4 Å². The fraction of sp³-hybridized carbons (Fsp3) is 0.750. The van der Waals surface area contributed by atoms with Crippen LogP contribution in [0.5, 0.6) is 0 Å². The summed E-state index contributed by atoms with van der Waals surface area (Å²) in [5, 5.41) is 13.0. The minimum absolute atomic E-state index is 0.0288. The smallest absolute Gasteiger partial charge is 0.0727 e. The average Bonchev–Trinajstić information content (AvgIpc) is 3.18. The number of aryl methyl sites for hydroxylation is 1. The molecule has 1 saturated carbocycles. The maximum Gasteiger partial charge on any atom is 0.0727 e. The Morgan fingerprint density at radius 1 is 1.30 bits per heavy atom. The van der Waals surface area contributed by atoms with Crippen molar-refractivity contribution in [2.75, 3.05) is 26.3 Å². The number of hydrogen-bond donors (Lipinski definition) is 1. The highest BCUT2D eigenvalue weighted by Crippen LogP contribution is 2.40. The maximum atomic E-state index is 10.9. The molecule has 0 spiro atoms. The highest BCUT2D eigenvalue weighted by Gasteiger charge is 2.45. The Labute approximate surface area is 125 Å². The number of hydrogen-bond acceptors (Lipinski definition) is 4. The summed E-state index contributed by atoms with van der Waals surface area (Å²) >= 11 is 1.80. The molecule has 1 unspecified atom stereocenters. The lowest BCUT2D eigenvalue weighted by atomic mass is 9.85. The molecule has 1 saturated heterocycles. The summed E-state index contributed by atoms with van der Waals surface area (Å²) < 4.78 is 5.48. The molecular weight excluding hydrogens is 270 g/mol. The van der Waals surface area contributed by atoms with Crippen LogP contribution in [0.25, 0.3) is 0 Å². The zero-order chi connectivity index (χ0) is 13.8. The molecule has 20 heavy (non-hydrogen) atoms. The number of thiophene rings is 1. The van der Waals surface area contributed by atoms with Gasteiger partial charge in [-0.05, 0) is 37.1 Å². The third-order valence-corrected chi connectivity index (χ3v) is 5.91. The molecule has 2 heterocycles. The Morgan fingerprint density at radius 2 is 2.05 bits per heavy atom. The third-order valence-electron chi connectivity index (χ3n) is 4.97. The first-order valence-corrected chi connectivity index (χ1v) is 8.72. The van der Waals surface area contributed by atoms with E-state index >= 15 is 0 Å². The van der Waals surface area contributed by atoms with Gasteiger partial charge in [0.05, 0.1) is 19.3 Å². The Kier molecular flexibility index (Phi) is 4.76. The van der Waals surface area contributed by atoms with Gasteiger partial charge in [0.25, 0.3) is 0 Å². The van der Waals surface area contributed by atoms with Crippen molar-refractivity contribution < 1.29 is 9.84 Å². The van der Waals surface area contributed by atoms with Gasteiger partial charge in [-0.1, -0.05) is 18.9 Å². The zero-order valence-electron chi connectivity index (χ0n) is 12.1. The van der Waals surface area contributed by atoms with E-state index < -0.39 is 0 Å². The number of ether oxygens (including phenoxy) is 1. The molecule has 0 bridgehead atoms. The first-order chi connectivity index (χ1) is 9.81.